The third-order valence-electron chi connectivity index (χ3n) is 6.86. The molecule has 8 heteroatoms. The highest BCUT2D eigenvalue weighted by Gasteiger charge is 2.33. The van der Waals surface area contributed by atoms with Gasteiger partial charge in [0, 0.05) is 19.5 Å². The molecule has 0 radical (unpaired) electrons. The molecular formula is C32H41N3O4S. The number of anilines is 1. The Morgan fingerprint density at radius 2 is 1.52 bits per heavy atom. The minimum atomic E-state index is -3.80. The van der Waals surface area contributed by atoms with Crippen LogP contribution in [0.25, 0.3) is 0 Å². The standard InChI is InChI=1S/C32H41N3O4S/c1-23(2)20-33-32(37)30(19-27-13-8-7-9-14-27)34(21-28-15-11-10-12-25(28)4)31(36)22-35(40(6,38)39)29-17-16-24(3)18-26(29)5/h7-18,23,30H,19-22H2,1-6H3,(H,33,37). The first kappa shape index (κ1) is 30.9. The average molecular weight is 564 g/mol. The maximum Gasteiger partial charge on any atom is 0.244 e. The fourth-order valence-corrected chi connectivity index (χ4v) is 5.53. The molecule has 0 heterocycles. The largest absolute Gasteiger partial charge is 0.354 e. The number of benzene rings is 3. The number of aryl methyl sites for hydroxylation is 3. The van der Waals surface area contributed by atoms with Crippen LogP contribution in [0.4, 0.5) is 5.69 Å². The van der Waals surface area contributed by atoms with Crippen molar-refractivity contribution in [1.82, 2.24) is 10.2 Å². The van der Waals surface area contributed by atoms with Gasteiger partial charge in [0.25, 0.3) is 0 Å². The maximum absolute atomic E-state index is 14.2. The van der Waals surface area contributed by atoms with Crippen LogP contribution in [0.1, 0.15) is 41.7 Å². The summed E-state index contributed by atoms with van der Waals surface area (Å²) in [6.07, 6.45) is 1.40. The molecule has 0 aliphatic rings. The monoisotopic (exact) mass is 563 g/mol. The van der Waals surface area contributed by atoms with Crippen molar-refractivity contribution in [2.45, 2.75) is 53.6 Å². The van der Waals surface area contributed by atoms with E-state index in [4.69, 9.17) is 0 Å². The van der Waals surface area contributed by atoms with E-state index in [0.717, 1.165) is 38.4 Å². The topological polar surface area (TPSA) is 86.8 Å². The third-order valence-corrected chi connectivity index (χ3v) is 7.98. The number of sulfonamides is 1. The van der Waals surface area contributed by atoms with E-state index in [-0.39, 0.29) is 18.4 Å². The van der Waals surface area contributed by atoms with E-state index in [0.29, 0.717) is 18.7 Å². The lowest BCUT2D eigenvalue weighted by Crippen LogP contribution is -2.53. The number of hydrogen-bond donors (Lipinski definition) is 1. The van der Waals surface area contributed by atoms with Crippen molar-refractivity contribution in [2.24, 2.45) is 5.92 Å². The van der Waals surface area contributed by atoms with Crippen LogP contribution in [-0.2, 0) is 32.6 Å². The summed E-state index contributed by atoms with van der Waals surface area (Å²) in [6.45, 7) is 9.96. The van der Waals surface area contributed by atoms with E-state index in [9.17, 15) is 18.0 Å². The van der Waals surface area contributed by atoms with Gasteiger partial charge in [0.2, 0.25) is 21.8 Å². The van der Waals surface area contributed by atoms with Crippen LogP contribution in [0.3, 0.4) is 0 Å². The van der Waals surface area contributed by atoms with Crippen molar-refractivity contribution in [2.75, 3.05) is 23.7 Å². The Morgan fingerprint density at radius 1 is 0.875 bits per heavy atom. The van der Waals surface area contributed by atoms with Crippen LogP contribution in [0.2, 0.25) is 0 Å². The minimum Gasteiger partial charge on any atom is -0.354 e. The number of rotatable bonds is 12. The predicted molar refractivity (Wildman–Crippen MR) is 162 cm³/mol. The zero-order valence-electron chi connectivity index (χ0n) is 24.3. The Kier molecular flexibility index (Phi) is 10.5. The molecule has 2 amide bonds. The number of carbonyl (C=O) groups is 2. The molecule has 0 fully saturated rings. The summed E-state index contributed by atoms with van der Waals surface area (Å²) < 4.78 is 27.1. The van der Waals surface area contributed by atoms with E-state index in [1.165, 1.54) is 4.90 Å². The molecular weight excluding hydrogens is 522 g/mol. The smallest absolute Gasteiger partial charge is 0.244 e. The van der Waals surface area contributed by atoms with Gasteiger partial charge in [-0.15, -0.1) is 0 Å². The molecule has 0 aromatic heterocycles. The van der Waals surface area contributed by atoms with Crippen molar-refractivity contribution in [3.05, 3.63) is 101 Å². The summed E-state index contributed by atoms with van der Waals surface area (Å²) in [7, 11) is -3.80. The second kappa shape index (κ2) is 13.6. The normalized spacial score (nSPS) is 12.2. The van der Waals surface area contributed by atoms with Gasteiger partial charge in [-0.1, -0.05) is 86.1 Å². The second-order valence-electron chi connectivity index (χ2n) is 10.9. The Bertz CT molecular complexity index is 1420. The van der Waals surface area contributed by atoms with Gasteiger partial charge in [0.05, 0.1) is 11.9 Å². The van der Waals surface area contributed by atoms with Crippen LogP contribution in [0.5, 0.6) is 0 Å². The highest BCUT2D eigenvalue weighted by molar-refractivity contribution is 7.92. The summed E-state index contributed by atoms with van der Waals surface area (Å²) >= 11 is 0. The number of nitrogens with zero attached hydrogens (tertiary/aromatic N) is 2. The molecule has 3 rings (SSSR count). The molecule has 7 nitrogen and oxygen atoms in total. The Hall–Kier alpha value is -3.65. The molecule has 0 saturated heterocycles. The first-order chi connectivity index (χ1) is 18.9. The summed E-state index contributed by atoms with van der Waals surface area (Å²) in [6, 6.07) is 21.9. The van der Waals surface area contributed by atoms with Gasteiger partial charge < -0.3 is 10.2 Å². The molecule has 3 aromatic rings. The SMILES string of the molecule is Cc1ccc(N(CC(=O)N(Cc2ccccc2C)C(Cc2ccccc2)C(=O)NCC(C)C)S(C)(=O)=O)c(C)c1. The summed E-state index contributed by atoms with van der Waals surface area (Å²) in [5.41, 5.74) is 4.97. The highest BCUT2D eigenvalue weighted by Crippen LogP contribution is 2.25. The quantitative estimate of drug-likeness (QED) is 0.343. The van der Waals surface area contributed by atoms with Gasteiger partial charge in [-0.3, -0.25) is 13.9 Å². The van der Waals surface area contributed by atoms with Crippen LogP contribution < -0.4 is 9.62 Å². The molecule has 0 spiro atoms. The molecule has 0 aliphatic heterocycles. The predicted octanol–water partition coefficient (Wildman–Crippen LogP) is 4.79. The molecule has 1 N–H and O–H groups in total. The summed E-state index contributed by atoms with van der Waals surface area (Å²) in [5, 5.41) is 3.00. The van der Waals surface area contributed by atoms with Gasteiger partial charge in [-0.2, -0.15) is 0 Å². The van der Waals surface area contributed by atoms with Crippen LogP contribution in [0.15, 0.2) is 72.8 Å². The fraction of sp³-hybridized carbons (Fsp3) is 0.375. The number of amides is 2. The van der Waals surface area contributed by atoms with Gasteiger partial charge in [-0.25, -0.2) is 8.42 Å². The van der Waals surface area contributed by atoms with Crippen LogP contribution in [-0.4, -0.2) is 50.5 Å². The number of carbonyl (C=O) groups excluding carboxylic acids is 2. The van der Waals surface area contributed by atoms with Crippen LogP contribution >= 0.6 is 0 Å². The fourth-order valence-electron chi connectivity index (χ4n) is 4.63. The minimum absolute atomic E-state index is 0.169. The molecule has 3 aromatic carbocycles. The molecule has 0 bridgehead atoms. The van der Waals surface area contributed by atoms with Gasteiger partial charge in [0.15, 0.2) is 0 Å². The lowest BCUT2D eigenvalue weighted by molar-refractivity contribution is -0.140. The first-order valence-corrected chi connectivity index (χ1v) is 15.4. The average Bonchev–Trinajstić information content (AvgIpc) is 2.89. The van der Waals surface area contributed by atoms with Crippen molar-refractivity contribution >= 4 is 27.5 Å². The molecule has 1 unspecified atom stereocenters. The van der Waals surface area contributed by atoms with E-state index in [1.54, 1.807) is 6.07 Å². The third kappa shape index (κ3) is 8.42. The summed E-state index contributed by atoms with van der Waals surface area (Å²) in [4.78, 5) is 29.4. The van der Waals surface area contributed by atoms with Crippen molar-refractivity contribution in [3.63, 3.8) is 0 Å². The molecule has 1 atom stereocenters. The Labute approximate surface area is 239 Å². The zero-order valence-corrected chi connectivity index (χ0v) is 25.2. The Morgan fingerprint density at radius 3 is 2.12 bits per heavy atom. The van der Waals surface area contributed by atoms with E-state index in [2.05, 4.69) is 5.32 Å². The van der Waals surface area contributed by atoms with E-state index < -0.39 is 28.5 Å². The van der Waals surface area contributed by atoms with E-state index in [1.807, 2.05) is 101 Å². The maximum atomic E-state index is 14.2. The molecule has 214 valence electrons. The van der Waals surface area contributed by atoms with Gasteiger partial charge >= 0.3 is 0 Å². The van der Waals surface area contributed by atoms with E-state index >= 15 is 0 Å². The second-order valence-corrected chi connectivity index (χ2v) is 12.8. The first-order valence-electron chi connectivity index (χ1n) is 13.6. The van der Waals surface area contributed by atoms with Gasteiger partial charge in [-0.05, 0) is 55.0 Å². The van der Waals surface area contributed by atoms with Crippen molar-refractivity contribution in [1.29, 1.82) is 0 Å². The number of nitrogens with one attached hydrogen (secondary N) is 1. The highest BCUT2D eigenvalue weighted by atomic mass is 32.2. The van der Waals surface area contributed by atoms with Crippen LogP contribution in [0, 0.1) is 26.7 Å². The molecule has 0 saturated carbocycles. The molecule has 40 heavy (non-hydrogen) atoms. The zero-order chi connectivity index (χ0) is 29.4. The number of hydrogen-bond acceptors (Lipinski definition) is 4. The lowest BCUT2D eigenvalue weighted by atomic mass is 10.0. The molecule has 0 aliphatic carbocycles. The Balaban J connectivity index is 2.08. The summed E-state index contributed by atoms with van der Waals surface area (Å²) in [5.74, 6) is -0.488. The van der Waals surface area contributed by atoms with Crippen molar-refractivity contribution in [3.8, 4) is 0 Å². The van der Waals surface area contributed by atoms with Crippen molar-refractivity contribution < 1.29 is 18.0 Å². The lowest BCUT2D eigenvalue weighted by Gasteiger charge is -2.34. The van der Waals surface area contributed by atoms with Gasteiger partial charge in [0.1, 0.15) is 12.6 Å².